The number of hydrogen-bond acceptors (Lipinski definition) is 4. The third-order valence-corrected chi connectivity index (χ3v) is 4.61. The first kappa shape index (κ1) is 15.7. The summed E-state index contributed by atoms with van der Waals surface area (Å²) in [7, 11) is 3.12. The van der Waals surface area contributed by atoms with Crippen LogP contribution < -0.4 is 9.47 Å². The van der Waals surface area contributed by atoms with Gasteiger partial charge in [0.2, 0.25) is 9.05 Å². The van der Waals surface area contributed by atoms with Crippen molar-refractivity contribution in [2.75, 3.05) is 7.11 Å². The maximum absolute atomic E-state index is 11.4. The minimum absolute atomic E-state index is 0.0687. The summed E-state index contributed by atoms with van der Waals surface area (Å²) in [5, 5.41) is 0.308. The Labute approximate surface area is 128 Å². The fourth-order valence-electron chi connectivity index (χ4n) is 2.35. The monoisotopic (exact) mass is 338 g/mol. The zero-order chi connectivity index (χ0) is 14.8. The SMILES string of the molecule is COc1ccc(Cl)c(CS(=O)(=O)Cl)c1OC1CCCC1. The molecule has 1 aliphatic rings. The van der Waals surface area contributed by atoms with E-state index in [2.05, 4.69) is 0 Å². The Hall–Kier alpha value is -0.650. The van der Waals surface area contributed by atoms with Gasteiger partial charge in [-0.3, -0.25) is 0 Å². The van der Waals surface area contributed by atoms with Gasteiger partial charge in [0, 0.05) is 21.3 Å². The van der Waals surface area contributed by atoms with Crippen molar-refractivity contribution in [2.24, 2.45) is 0 Å². The number of benzene rings is 1. The van der Waals surface area contributed by atoms with Gasteiger partial charge in [-0.1, -0.05) is 11.6 Å². The Bertz CT molecular complexity index is 580. The van der Waals surface area contributed by atoms with E-state index in [-0.39, 0.29) is 11.9 Å². The zero-order valence-corrected chi connectivity index (χ0v) is 13.4. The molecule has 1 aromatic carbocycles. The van der Waals surface area contributed by atoms with Gasteiger partial charge in [-0.25, -0.2) is 8.42 Å². The first-order valence-corrected chi connectivity index (χ1v) is 9.20. The molecule has 1 aliphatic carbocycles. The highest BCUT2D eigenvalue weighted by atomic mass is 35.7. The fourth-order valence-corrected chi connectivity index (χ4v) is 3.61. The standard InChI is InChI=1S/C13H16Cl2O4S/c1-18-12-7-6-11(14)10(8-20(15,16)17)13(12)19-9-4-2-3-5-9/h6-7,9H,2-5,8H2,1H3. The summed E-state index contributed by atoms with van der Waals surface area (Å²) in [6.45, 7) is 0. The third-order valence-electron chi connectivity index (χ3n) is 3.29. The van der Waals surface area contributed by atoms with Crippen LogP contribution in [0.4, 0.5) is 0 Å². The van der Waals surface area contributed by atoms with Crippen LogP contribution in [0.15, 0.2) is 12.1 Å². The average Bonchev–Trinajstić information content (AvgIpc) is 2.85. The minimum atomic E-state index is -3.73. The highest BCUT2D eigenvalue weighted by Gasteiger charge is 2.24. The molecule has 0 atom stereocenters. The molecule has 0 aromatic heterocycles. The van der Waals surface area contributed by atoms with Gasteiger partial charge in [0.25, 0.3) is 0 Å². The van der Waals surface area contributed by atoms with Crippen molar-refractivity contribution < 1.29 is 17.9 Å². The molecule has 0 saturated heterocycles. The quantitative estimate of drug-likeness (QED) is 0.767. The lowest BCUT2D eigenvalue weighted by Crippen LogP contribution is -2.14. The van der Waals surface area contributed by atoms with E-state index in [1.54, 1.807) is 12.1 Å². The second kappa shape index (κ2) is 6.41. The molecule has 0 bridgehead atoms. The van der Waals surface area contributed by atoms with E-state index < -0.39 is 9.05 Å². The predicted octanol–water partition coefficient (Wildman–Crippen LogP) is 3.74. The second-order valence-electron chi connectivity index (χ2n) is 4.76. The molecule has 0 radical (unpaired) electrons. The Kier molecular flexibility index (Phi) is 5.04. The summed E-state index contributed by atoms with van der Waals surface area (Å²) < 4.78 is 33.9. The van der Waals surface area contributed by atoms with Gasteiger partial charge in [-0.05, 0) is 37.8 Å². The summed E-state index contributed by atoms with van der Waals surface area (Å²) >= 11 is 6.09. The predicted molar refractivity (Wildman–Crippen MR) is 79.4 cm³/mol. The maximum atomic E-state index is 11.4. The van der Waals surface area contributed by atoms with Gasteiger partial charge in [0.05, 0.1) is 19.0 Å². The molecule has 112 valence electrons. The Morgan fingerprint density at radius 3 is 2.50 bits per heavy atom. The van der Waals surface area contributed by atoms with Crippen LogP contribution >= 0.6 is 22.3 Å². The van der Waals surface area contributed by atoms with E-state index in [1.807, 2.05) is 0 Å². The highest BCUT2D eigenvalue weighted by molar-refractivity contribution is 8.13. The van der Waals surface area contributed by atoms with Gasteiger partial charge in [-0.2, -0.15) is 0 Å². The van der Waals surface area contributed by atoms with Gasteiger partial charge in [-0.15, -0.1) is 0 Å². The van der Waals surface area contributed by atoms with Crippen molar-refractivity contribution in [3.8, 4) is 11.5 Å². The lowest BCUT2D eigenvalue weighted by atomic mass is 10.2. The lowest BCUT2D eigenvalue weighted by molar-refractivity contribution is 0.199. The summed E-state index contributed by atoms with van der Waals surface area (Å²) in [5.41, 5.74) is 0.355. The van der Waals surface area contributed by atoms with Crippen LogP contribution in [0, 0.1) is 0 Å². The molecule has 1 saturated carbocycles. The number of methoxy groups -OCH3 is 1. The van der Waals surface area contributed by atoms with Gasteiger partial charge < -0.3 is 9.47 Å². The van der Waals surface area contributed by atoms with Crippen molar-refractivity contribution in [3.05, 3.63) is 22.7 Å². The molecular weight excluding hydrogens is 323 g/mol. The van der Waals surface area contributed by atoms with Gasteiger partial charge in [0.15, 0.2) is 11.5 Å². The summed E-state index contributed by atoms with van der Waals surface area (Å²) in [5.74, 6) is 0.472. The maximum Gasteiger partial charge on any atom is 0.236 e. The van der Waals surface area contributed by atoms with E-state index in [0.717, 1.165) is 25.7 Å². The molecule has 0 heterocycles. The van der Waals surface area contributed by atoms with Crippen LogP contribution in [0.3, 0.4) is 0 Å². The number of halogens is 2. The van der Waals surface area contributed by atoms with Crippen molar-refractivity contribution in [1.29, 1.82) is 0 Å². The highest BCUT2D eigenvalue weighted by Crippen LogP contribution is 2.39. The first-order chi connectivity index (χ1) is 9.40. The normalized spacial score (nSPS) is 16.4. The molecule has 20 heavy (non-hydrogen) atoms. The summed E-state index contributed by atoms with van der Waals surface area (Å²) in [4.78, 5) is 0. The zero-order valence-electron chi connectivity index (χ0n) is 11.1. The topological polar surface area (TPSA) is 52.6 Å². The van der Waals surface area contributed by atoms with E-state index >= 15 is 0 Å². The van der Waals surface area contributed by atoms with E-state index in [0.29, 0.717) is 22.1 Å². The summed E-state index contributed by atoms with van der Waals surface area (Å²) in [6.07, 6.45) is 4.18. The van der Waals surface area contributed by atoms with Crippen LogP contribution in [0.5, 0.6) is 11.5 Å². The Morgan fingerprint density at radius 2 is 1.95 bits per heavy atom. The smallest absolute Gasteiger partial charge is 0.236 e. The molecule has 1 fully saturated rings. The van der Waals surface area contributed by atoms with E-state index in [1.165, 1.54) is 7.11 Å². The number of hydrogen-bond donors (Lipinski definition) is 0. The molecule has 1 aromatic rings. The van der Waals surface area contributed by atoms with Crippen molar-refractivity contribution >= 4 is 31.3 Å². The van der Waals surface area contributed by atoms with Crippen LogP contribution in [0.2, 0.25) is 5.02 Å². The Balaban J connectivity index is 2.40. The van der Waals surface area contributed by atoms with Crippen molar-refractivity contribution in [1.82, 2.24) is 0 Å². The van der Waals surface area contributed by atoms with Crippen molar-refractivity contribution in [3.63, 3.8) is 0 Å². The first-order valence-electron chi connectivity index (χ1n) is 6.35. The molecule has 0 unspecified atom stereocenters. The largest absolute Gasteiger partial charge is 0.493 e. The minimum Gasteiger partial charge on any atom is -0.493 e. The molecule has 2 rings (SSSR count). The molecular formula is C13H16Cl2O4S. The fraction of sp³-hybridized carbons (Fsp3) is 0.538. The summed E-state index contributed by atoms with van der Waals surface area (Å²) in [6, 6.07) is 3.25. The molecule has 4 nitrogen and oxygen atoms in total. The molecule has 0 aliphatic heterocycles. The Morgan fingerprint density at radius 1 is 1.30 bits per heavy atom. The van der Waals surface area contributed by atoms with Crippen LogP contribution in [-0.4, -0.2) is 21.6 Å². The van der Waals surface area contributed by atoms with Gasteiger partial charge >= 0.3 is 0 Å². The lowest BCUT2D eigenvalue weighted by Gasteiger charge is -2.19. The van der Waals surface area contributed by atoms with Gasteiger partial charge in [0.1, 0.15) is 0 Å². The number of rotatable bonds is 5. The van der Waals surface area contributed by atoms with E-state index in [9.17, 15) is 8.42 Å². The number of ether oxygens (including phenoxy) is 2. The average molecular weight is 339 g/mol. The molecule has 7 heteroatoms. The molecule has 0 amide bonds. The third kappa shape index (κ3) is 3.93. The van der Waals surface area contributed by atoms with Crippen LogP contribution in [0.1, 0.15) is 31.2 Å². The van der Waals surface area contributed by atoms with Crippen LogP contribution in [-0.2, 0) is 14.8 Å². The molecule has 0 N–H and O–H groups in total. The van der Waals surface area contributed by atoms with E-state index in [4.69, 9.17) is 31.8 Å². The molecule has 0 spiro atoms. The van der Waals surface area contributed by atoms with Crippen LogP contribution in [0.25, 0.3) is 0 Å². The van der Waals surface area contributed by atoms with Crippen molar-refractivity contribution in [2.45, 2.75) is 37.5 Å². The second-order valence-corrected chi connectivity index (χ2v) is 7.95.